The summed E-state index contributed by atoms with van der Waals surface area (Å²) in [5, 5.41) is 10.9. The standard InChI is InChI=1S/C29H57NO4/c1-5-6-7-8-9-10-11-12-13-14-15-16-17-18-19-20-21-22-23-24-29(33)34-27(25-28(31)32)26-30(2,3)4/h27H,5-26H2,1-4H3/t27-/m1/s1. The fourth-order valence-corrected chi connectivity index (χ4v) is 4.53. The van der Waals surface area contributed by atoms with E-state index in [0.29, 0.717) is 17.4 Å². The summed E-state index contributed by atoms with van der Waals surface area (Å²) in [6, 6.07) is 0. The van der Waals surface area contributed by atoms with Gasteiger partial charge in [0.2, 0.25) is 0 Å². The smallest absolute Gasteiger partial charge is 0.306 e. The van der Waals surface area contributed by atoms with E-state index in [2.05, 4.69) is 6.92 Å². The predicted molar refractivity (Wildman–Crippen MR) is 140 cm³/mol. The Labute approximate surface area is 211 Å². The Hall–Kier alpha value is -1.10. The summed E-state index contributed by atoms with van der Waals surface area (Å²) < 4.78 is 5.95. The maximum Gasteiger partial charge on any atom is 0.306 e. The van der Waals surface area contributed by atoms with Crippen molar-refractivity contribution in [2.24, 2.45) is 0 Å². The van der Waals surface area contributed by atoms with Gasteiger partial charge in [-0.3, -0.25) is 4.79 Å². The zero-order chi connectivity index (χ0) is 25.5. The van der Waals surface area contributed by atoms with Gasteiger partial charge < -0.3 is 19.1 Å². The number of hydrogen-bond acceptors (Lipinski definition) is 4. The van der Waals surface area contributed by atoms with Gasteiger partial charge in [-0.25, -0.2) is 0 Å². The number of aliphatic carboxylic acids is 1. The second-order valence-corrected chi connectivity index (χ2v) is 11.3. The number of carboxylic acid groups (broad SMARTS) is 1. The first-order valence-electron chi connectivity index (χ1n) is 14.4. The van der Waals surface area contributed by atoms with E-state index in [-0.39, 0.29) is 12.4 Å². The summed E-state index contributed by atoms with van der Waals surface area (Å²) in [5.74, 6) is -1.46. The van der Waals surface area contributed by atoms with E-state index in [9.17, 15) is 14.7 Å². The molecule has 0 saturated heterocycles. The largest absolute Gasteiger partial charge is 0.550 e. The highest BCUT2D eigenvalue weighted by Crippen LogP contribution is 2.15. The van der Waals surface area contributed by atoms with Crippen molar-refractivity contribution in [3.05, 3.63) is 0 Å². The Morgan fingerprint density at radius 2 is 1.00 bits per heavy atom. The van der Waals surface area contributed by atoms with Crippen molar-refractivity contribution < 1.29 is 23.9 Å². The van der Waals surface area contributed by atoms with Gasteiger partial charge in [-0.2, -0.15) is 0 Å². The van der Waals surface area contributed by atoms with Crippen LogP contribution in [0.1, 0.15) is 142 Å². The van der Waals surface area contributed by atoms with Crippen LogP contribution in [0.25, 0.3) is 0 Å². The first kappa shape index (κ1) is 32.9. The number of unbranched alkanes of at least 4 members (excludes halogenated alkanes) is 18. The first-order chi connectivity index (χ1) is 16.2. The molecule has 0 aromatic heterocycles. The minimum atomic E-state index is -1.17. The fourth-order valence-electron chi connectivity index (χ4n) is 4.53. The predicted octanol–water partition coefficient (Wildman–Crippen LogP) is 6.57. The third kappa shape index (κ3) is 25.5. The SMILES string of the molecule is CCCCCCCCCCCCCCCCCCCCCC(=O)O[C@H](CC(=O)[O-])C[N+](C)(C)C. The molecular formula is C29H57NO4. The van der Waals surface area contributed by atoms with Gasteiger partial charge in [0, 0.05) is 18.8 Å². The molecule has 0 heterocycles. The number of esters is 1. The Balaban J connectivity index is 3.45. The van der Waals surface area contributed by atoms with Crippen molar-refractivity contribution in [2.45, 2.75) is 148 Å². The van der Waals surface area contributed by atoms with Crippen LogP contribution < -0.4 is 5.11 Å². The number of rotatable bonds is 25. The van der Waals surface area contributed by atoms with Gasteiger partial charge in [-0.15, -0.1) is 0 Å². The van der Waals surface area contributed by atoms with Gasteiger partial charge in [-0.05, 0) is 6.42 Å². The second-order valence-electron chi connectivity index (χ2n) is 11.3. The number of likely N-dealkylation sites (N-methyl/N-ethyl adjacent to an activating group) is 1. The monoisotopic (exact) mass is 483 g/mol. The highest BCUT2D eigenvalue weighted by atomic mass is 16.5. The maximum absolute atomic E-state index is 12.1. The van der Waals surface area contributed by atoms with E-state index in [4.69, 9.17) is 4.74 Å². The molecule has 202 valence electrons. The van der Waals surface area contributed by atoms with Gasteiger partial charge in [0.1, 0.15) is 6.54 Å². The normalized spacial score (nSPS) is 12.6. The van der Waals surface area contributed by atoms with Crippen LogP contribution in [0.5, 0.6) is 0 Å². The molecule has 0 fully saturated rings. The zero-order valence-corrected chi connectivity index (χ0v) is 23.2. The minimum absolute atomic E-state index is 0.236. The molecule has 0 bridgehead atoms. The molecule has 0 aliphatic heterocycles. The first-order valence-corrected chi connectivity index (χ1v) is 14.4. The number of nitrogens with zero attached hydrogens (tertiary/aromatic N) is 1. The van der Waals surface area contributed by atoms with E-state index < -0.39 is 12.1 Å². The van der Waals surface area contributed by atoms with Crippen LogP contribution in [0, 0.1) is 0 Å². The van der Waals surface area contributed by atoms with E-state index in [1.165, 1.54) is 103 Å². The van der Waals surface area contributed by atoms with Crippen LogP contribution in [0.3, 0.4) is 0 Å². The Morgan fingerprint density at radius 3 is 1.32 bits per heavy atom. The molecule has 0 spiro atoms. The topological polar surface area (TPSA) is 66.4 Å². The van der Waals surface area contributed by atoms with E-state index in [1.807, 2.05) is 21.1 Å². The molecule has 0 amide bonds. The van der Waals surface area contributed by atoms with Crippen molar-refractivity contribution in [3.63, 3.8) is 0 Å². The Morgan fingerprint density at radius 1 is 0.647 bits per heavy atom. The number of carbonyl (C=O) groups is 2. The van der Waals surface area contributed by atoms with Crippen LogP contribution in [-0.4, -0.2) is 50.2 Å². The highest BCUT2D eigenvalue weighted by Gasteiger charge is 2.22. The molecule has 0 N–H and O–H groups in total. The van der Waals surface area contributed by atoms with Crippen LogP contribution in [-0.2, 0) is 14.3 Å². The lowest BCUT2D eigenvalue weighted by Gasteiger charge is -2.29. The molecule has 0 aromatic carbocycles. The molecule has 0 saturated carbocycles. The summed E-state index contributed by atoms with van der Waals surface area (Å²) in [5.41, 5.74) is 0. The molecule has 1 atom stereocenters. The number of ether oxygens (including phenoxy) is 1. The molecular weight excluding hydrogens is 426 g/mol. The molecule has 0 unspecified atom stereocenters. The summed E-state index contributed by atoms with van der Waals surface area (Å²) in [6.07, 6.45) is 24.7. The Bertz CT molecular complexity index is 487. The van der Waals surface area contributed by atoms with Gasteiger partial charge in [0.05, 0.1) is 21.1 Å². The number of carboxylic acids is 1. The van der Waals surface area contributed by atoms with Gasteiger partial charge >= 0.3 is 5.97 Å². The van der Waals surface area contributed by atoms with Crippen LogP contribution >= 0.6 is 0 Å². The lowest BCUT2D eigenvalue weighted by Crippen LogP contribution is -2.45. The van der Waals surface area contributed by atoms with E-state index in [1.54, 1.807) is 0 Å². The molecule has 0 rings (SSSR count). The van der Waals surface area contributed by atoms with Crippen molar-refractivity contribution in [1.29, 1.82) is 0 Å². The molecule has 0 aliphatic carbocycles. The van der Waals surface area contributed by atoms with Crippen molar-refractivity contribution >= 4 is 11.9 Å². The number of quaternary nitrogens is 1. The molecule has 0 radical (unpaired) electrons. The second kappa shape index (κ2) is 22.4. The van der Waals surface area contributed by atoms with Crippen LogP contribution in [0.4, 0.5) is 0 Å². The van der Waals surface area contributed by atoms with Crippen molar-refractivity contribution in [3.8, 4) is 0 Å². The third-order valence-corrected chi connectivity index (χ3v) is 6.43. The van der Waals surface area contributed by atoms with Crippen LogP contribution in [0.2, 0.25) is 0 Å². The van der Waals surface area contributed by atoms with Crippen LogP contribution in [0.15, 0.2) is 0 Å². The quantitative estimate of drug-likeness (QED) is 0.0837. The van der Waals surface area contributed by atoms with Gasteiger partial charge in [0.15, 0.2) is 6.10 Å². The van der Waals surface area contributed by atoms with Gasteiger partial charge in [-0.1, -0.05) is 122 Å². The van der Waals surface area contributed by atoms with E-state index in [0.717, 1.165) is 19.3 Å². The highest BCUT2D eigenvalue weighted by molar-refractivity contribution is 5.70. The fraction of sp³-hybridized carbons (Fsp3) is 0.931. The molecule has 0 aromatic rings. The lowest BCUT2D eigenvalue weighted by atomic mass is 10.0. The summed E-state index contributed by atoms with van der Waals surface area (Å²) >= 11 is 0. The molecule has 5 heteroatoms. The summed E-state index contributed by atoms with van der Waals surface area (Å²) in [6.45, 7) is 2.75. The molecule has 0 aliphatic rings. The van der Waals surface area contributed by atoms with Gasteiger partial charge in [0.25, 0.3) is 0 Å². The number of carbonyl (C=O) groups excluding carboxylic acids is 2. The minimum Gasteiger partial charge on any atom is -0.550 e. The van der Waals surface area contributed by atoms with E-state index >= 15 is 0 Å². The maximum atomic E-state index is 12.1. The average Bonchev–Trinajstić information content (AvgIpc) is 2.73. The van der Waals surface area contributed by atoms with Crippen molar-refractivity contribution in [2.75, 3.05) is 27.7 Å². The van der Waals surface area contributed by atoms with Crippen molar-refractivity contribution in [1.82, 2.24) is 0 Å². The molecule has 5 nitrogen and oxygen atoms in total. The lowest BCUT2D eigenvalue weighted by molar-refractivity contribution is -0.873. The third-order valence-electron chi connectivity index (χ3n) is 6.43. The molecule has 34 heavy (non-hydrogen) atoms. The average molecular weight is 484 g/mol. The zero-order valence-electron chi connectivity index (χ0n) is 23.2. The Kier molecular flexibility index (Phi) is 21.6. The summed E-state index contributed by atoms with van der Waals surface area (Å²) in [7, 11) is 5.86. The summed E-state index contributed by atoms with van der Waals surface area (Å²) in [4.78, 5) is 23.0. The number of hydrogen-bond donors (Lipinski definition) is 0.